The van der Waals surface area contributed by atoms with Crippen molar-refractivity contribution in [1.29, 1.82) is 0 Å². The first-order valence-corrected chi connectivity index (χ1v) is 7.42. The van der Waals surface area contributed by atoms with Gasteiger partial charge in [-0.15, -0.1) is 11.3 Å². The van der Waals surface area contributed by atoms with Crippen molar-refractivity contribution >= 4 is 34.7 Å². The molecular formula is C11H16ClNS2. The summed E-state index contributed by atoms with van der Waals surface area (Å²) >= 11 is 9.59. The molecule has 1 aliphatic rings. The Hall–Kier alpha value is 0.300. The molecule has 2 atom stereocenters. The lowest BCUT2D eigenvalue weighted by Gasteiger charge is -2.29. The van der Waals surface area contributed by atoms with E-state index in [0.29, 0.717) is 0 Å². The smallest absolute Gasteiger partial charge is 0.0931 e. The normalized spacial score (nSPS) is 28.2. The Morgan fingerprint density at radius 1 is 1.60 bits per heavy atom. The van der Waals surface area contributed by atoms with Crippen molar-refractivity contribution in [1.82, 2.24) is 0 Å². The molecule has 2 rings (SSSR count). The number of thioether (sulfide) groups is 1. The van der Waals surface area contributed by atoms with Gasteiger partial charge in [0.25, 0.3) is 0 Å². The van der Waals surface area contributed by atoms with E-state index < -0.39 is 0 Å². The lowest BCUT2D eigenvalue weighted by Crippen LogP contribution is -2.42. The van der Waals surface area contributed by atoms with E-state index in [4.69, 9.17) is 17.3 Å². The first-order valence-electron chi connectivity index (χ1n) is 5.24. The van der Waals surface area contributed by atoms with E-state index in [-0.39, 0.29) is 10.8 Å². The van der Waals surface area contributed by atoms with Gasteiger partial charge in [-0.25, -0.2) is 0 Å². The van der Waals surface area contributed by atoms with Crippen molar-refractivity contribution in [2.24, 2.45) is 5.73 Å². The van der Waals surface area contributed by atoms with Gasteiger partial charge in [-0.1, -0.05) is 11.6 Å². The quantitative estimate of drug-likeness (QED) is 0.901. The van der Waals surface area contributed by atoms with Crippen molar-refractivity contribution in [3.05, 3.63) is 21.3 Å². The van der Waals surface area contributed by atoms with Crippen molar-refractivity contribution in [3.8, 4) is 0 Å². The molecule has 1 saturated heterocycles. The van der Waals surface area contributed by atoms with Gasteiger partial charge < -0.3 is 5.73 Å². The van der Waals surface area contributed by atoms with Crippen LogP contribution >= 0.6 is 34.7 Å². The third-order valence-corrected chi connectivity index (χ3v) is 6.00. The summed E-state index contributed by atoms with van der Waals surface area (Å²) in [5.41, 5.74) is 6.30. The van der Waals surface area contributed by atoms with Crippen LogP contribution in [-0.4, -0.2) is 16.5 Å². The Bertz CT molecular complexity index is 331. The van der Waals surface area contributed by atoms with Gasteiger partial charge in [0.1, 0.15) is 0 Å². The van der Waals surface area contributed by atoms with E-state index in [1.54, 1.807) is 11.3 Å². The van der Waals surface area contributed by atoms with E-state index in [0.717, 1.165) is 10.8 Å². The third-order valence-electron chi connectivity index (χ3n) is 3.08. The molecule has 4 heteroatoms. The molecule has 0 aromatic carbocycles. The Morgan fingerprint density at radius 3 is 2.93 bits per heavy atom. The molecule has 0 aliphatic carbocycles. The van der Waals surface area contributed by atoms with Crippen molar-refractivity contribution in [3.63, 3.8) is 0 Å². The second kappa shape index (κ2) is 4.66. The highest BCUT2D eigenvalue weighted by Gasteiger charge is 2.35. The third kappa shape index (κ3) is 2.70. The maximum Gasteiger partial charge on any atom is 0.0931 e. The molecule has 1 nitrogen and oxygen atoms in total. The van der Waals surface area contributed by atoms with Crippen LogP contribution in [0, 0.1) is 0 Å². The molecule has 0 spiro atoms. The van der Waals surface area contributed by atoms with Gasteiger partial charge in [0.2, 0.25) is 0 Å². The zero-order valence-corrected chi connectivity index (χ0v) is 11.2. The Kier molecular flexibility index (Phi) is 3.66. The number of halogens is 1. The maximum absolute atomic E-state index is 6.30. The monoisotopic (exact) mass is 261 g/mol. The van der Waals surface area contributed by atoms with Gasteiger partial charge in [0, 0.05) is 15.7 Å². The molecule has 15 heavy (non-hydrogen) atoms. The summed E-state index contributed by atoms with van der Waals surface area (Å²) in [4.78, 5) is 1.31. The summed E-state index contributed by atoms with van der Waals surface area (Å²) in [6.07, 6.45) is 3.51. The largest absolute Gasteiger partial charge is 0.326 e. The minimum Gasteiger partial charge on any atom is -0.326 e. The van der Waals surface area contributed by atoms with Crippen LogP contribution in [0.4, 0.5) is 0 Å². The van der Waals surface area contributed by atoms with Gasteiger partial charge in [-0.3, -0.25) is 0 Å². The minimum atomic E-state index is 0.250. The fraction of sp³-hybridized carbons (Fsp3) is 0.636. The molecule has 2 unspecified atom stereocenters. The minimum absolute atomic E-state index is 0.250. The number of hydrogen-bond acceptors (Lipinski definition) is 3. The molecule has 1 fully saturated rings. The zero-order chi connectivity index (χ0) is 10.9. The number of thiophene rings is 1. The maximum atomic E-state index is 6.30. The summed E-state index contributed by atoms with van der Waals surface area (Å²) in [5, 5.41) is 0. The highest BCUT2D eigenvalue weighted by molar-refractivity contribution is 8.00. The lowest BCUT2D eigenvalue weighted by atomic mass is 9.94. The van der Waals surface area contributed by atoms with Gasteiger partial charge >= 0.3 is 0 Å². The van der Waals surface area contributed by atoms with E-state index in [1.807, 2.05) is 17.8 Å². The molecule has 0 radical (unpaired) electrons. The van der Waals surface area contributed by atoms with E-state index in [1.165, 1.54) is 23.5 Å². The Balaban J connectivity index is 1.99. The van der Waals surface area contributed by atoms with Gasteiger partial charge in [0.15, 0.2) is 0 Å². The summed E-state index contributed by atoms with van der Waals surface area (Å²) in [5.74, 6) is 1.26. The summed E-state index contributed by atoms with van der Waals surface area (Å²) in [6.45, 7) is 2.30. The molecule has 2 N–H and O–H groups in total. The second-order valence-corrected chi connectivity index (χ2v) is 7.71. The van der Waals surface area contributed by atoms with E-state index in [2.05, 4.69) is 13.0 Å². The first kappa shape index (κ1) is 11.8. The van der Waals surface area contributed by atoms with Crippen LogP contribution in [0.5, 0.6) is 0 Å². The molecule has 1 aromatic heterocycles. The van der Waals surface area contributed by atoms with Crippen molar-refractivity contribution in [2.75, 3.05) is 5.75 Å². The molecule has 0 bridgehead atoms. The van der Waals surface area contributed by atoms with Crippen LogP contribution in [0.2, 0.25) is 4.34 Å². The van der Waals surface area contributed by atoms with Gasteiger partial charge in [-0.2, -0.15) is 11.8 Å². The van der Waals surface area contributed by atoms with E-state index >= 15 is 0 Å². The van der Waals surface area contributed by atoms with Crippen LogP contribution in [0.3, 0.4) is 0 Å². The predicted octanol–water partition coefficient (Wildman–Crippen LogP) is 3.56. The van der Waals surface area contributed by atoms with Crippen LogP contribution in [0.15, 0.2) is 12.1 Å². The highest BCUT2D eigenvalue weighted by Crippen LogP contribution is 2.41. The van der Waals surface area contributed by atoms with Gasteiger partial charge in [-0.05, 0) is 44.1 Å². The number of hydrogen-bond donors (Lipinski definition) is 1. The van der Waals surface area contributed by atoms with Crippen LogP contribution in [-0.2, 0) is 6.42 Å². The average Bonchev–Trinajstić information content (AvgIpc) is 2.76. The van der Waals surface area contributed by atoms with Gasteiger partial charge in [0.05, 0.1) is 4.34 Å². The number of nitrogens with two attached hydrogens (primary N) is 1. The van der Waals surface area contributed by atoms with Crippen molar-refractivity contribution in [2.45, 2.75) is 37.0 Å². The Labute approximate surface area is 104 Å². The summed E-state index contributed by atoms with van der Waals surface area (Å²) in [7, 11) is 0. The summed E-state index contributed by atoms with van der Waals surface area (Å²) in [6, 6.07) is 4.30. The molecule has 0 saturated carbocycles. The molecule has 2 heterocycles. The second-order valence-electron chi connectivity index (χ2n) is 4.28. The molecule has 84 valence electrons. The molecular weight excluding hydrogens is 246 g/mol. The fourth-order valence-corrected chi connectivity index (χ4v) is 4.47. The van der Waals surface area contributed by atoms with E-state index in [9.17, 15) is 0 Å². The fourth-order valence-electron chi connectivity index (χ4n) is 1.99. The first-order chi connectivity index (χ1) is 7.10. The average molecular weight is 262 g/mol. The van der Waals surface area contributed by atoms with Crippen molar-refractivity contribution < 1.29 is 0 Å². The highest BCUT2D eigenvalue weighted by atomic mass is 35.5. The predicted molar refractivity (Wildman–Crippen MR) is 71.1 cm³/mol. The summed E-state index contributed by atoms with van der Waals surface area (Å²) < 4.78 is 1.14. The lowest BCUT2D eigenvalue weighted by molar-refractivity contribution is 0.484. The number of rotatable bonds is 3. The molecule has 0 amide bonds. The molecule has 1 aromatic rings. The zero-order valence-electron chi connectivity index (χ0n) is 8.83. The standard InChI is InChI=1S/C11H16ClNS2/c1-11(5-2-6-14-11)9(13)7-8-3-4-10(12)15-8/h3-4,9H,2,5-7,13H2,1H3. The van der Waals surface area contributed by atoms with Crippen LogP contribution in [0.25, 0.3) is 0 Å². The van der Waals surface area contributed by atoms with Crippen LogP contribution in [0.1, 0.15) is 24.6 Å². The SMILES string of the molecule is CC1(C(N)Cc2ccc(Cl)s2)CCCS1. The molecule has 1 aliphatic heterocycles. The Morgan fingerprint density at radius 2 is 2.40 bits per heavy atom. The van der Waals surface area contributed by atoms with Crippen LogP contribution < -0.4 is 5.73 Å². The topological polar surface area (TPSA) is 26.0 Å².